The van der Waals surface area contributed by atoms with Crippen molar-refractivity contribution >= 4 is 11.9 Å². The van der Waals surface area contributed by atoms with Gasteiger partial charge in [-0.3, -0.25) is 0 Å². The second-order valence-electron chi connectivity index (χ2n) is 4.40. The van der Waals surface area contributed by atoms with E-state index in [2.05, 4.69) is 9.97 Å². The van der Waals surface area contributed by atoms with E-state index in [9.17, 15) is 9.90 Å². The first kappa shape index (κ1) is 13.0. The molecule has 0 bridgehead atoms. The summed E-state index contributed by atoms with van der Waals surface area (Å²) in [5, 5.41) is 9.34. The van der Waals surface area contributed by atoms with Crippen LogP contribution in [0.4, 0.5) is 5.95 Å². The Kier molecular flexibility index (Phi) is 3.46. The SMILES string of the molecule is Cc1nc(N(C)C)nc(-c2ccccc2)c1C(=O)O. The van der Waals surface area contributed by atoms with Gasteiger partial charge in [0, 0.05) is 19.7 Å². The molecule has 0 unspecified atom stereocenters. The van der Waals surface area contributed by atoms with E-state index < -0.39 is 5.97 Å². The highest BCUT2D eigenvalue weighted by Gasteiger charge is 2.19. The van der Waals surface area contributed by atoms with Crippen molar-refractivity contribution in [3.05, 3.63) is 41.6 Å². The Morgan fingerprint density at radius 2 is 1.79 bits per heavy atom. The Morgan fingerprint density at radius 3 is 2.32 bits per heavy atom. The highest BCUT2D eigenvalue weighted by Crippen LogP contribution is 2.25. The summed E-state index contributed by atoms with van der Waals surface area (Å²) >= 11 is 0. The number of aromatic nitrogens is 2. The first-order chi connectivity index (χ1) is 9.00. The topological polar surface area (TPSA) is 66.3 Å². The highest BCUT2D eigenvalue weighted by atomic mass is 16.4. The zero-order valence-corrected chi connectivity index (χ0v) is 11.1. The molecular formula is C14H15N3O2. The second kappa shape index (κ2) is 5.06. The number of carbonyl (C=O) groups is 1. The smallest absolute Gasteiger partial charge is 0.339 e. The quantitative estimate of drug-likeness (QED) is 0.913. The predicted molar refractivity (Wildman–Crippen MR) is 73.5 cm³/mol. The third kappa shape index (κ3) is 2.54. The fourth-order valence-electron chi connectivity index (χ4n) is 1.82. The van der Waals surface area contributed by atoms with Crippen molar-refractivity contribution in [2.45, 2.75) is 6.92 Å². The van der Waals surface area contributed by atoms with Crippen LogP contribution < -0.4 is 4.90 Å². The Bertz CT molecular complexity index is 610. The zero-order chi connectivity index (χ0) is 14.0. The first-order valence-corrected chi connectivity index (χ1v) is 5.85. The van der Waals surface area contributed by atoms with Crippen LogP contribution in [-0.2, 0) is 0 Å². The van der Waals surface area contributed by atoms with Crippen LogP contribution in [0.15, 0.2) is 30.3 Å². The first-order valence-electron chi connectivity index (χ1n) is 5.85. The van der Waals surface area contributed by atoms with Gasteiger partial charge in [0.05, 0.1) is 11.4 Å². The molecule has 0 aliphatic heterocycles. The number of hydrogen-bond donors (Lipinski definition) is 1. The summed E-state index contributed by atoms with van der Waals surface area (Å²) < 4.78 is 0. The van der Waals surface area contributed by atoms with Crippen LogP contribution >= 0.6 is 0 Å². The lowest BCUT2D eigenvalue weighted by Crippen LogP contribution is -2.16. The molecule has 0 atom stereocenters. The van der Waals surface area contributed by atoms with Crippen molar-refractivity contribution in [2.75, 3.05) is 19.0 Å². The van der Waals surface area contributed by atoms with Crippen LogP contribution in [0.2, 0.25) is 0 Å². The molecule has 0 fully saturated rings. The van der Waals surface area contributed by atoms with Gasteiger partial charge < -0.3 is 10.0 Å². The molecule has 0 saturated heterocycles. The molecule has 2 rings (SSSR count). The molecule has 1 aromatic heterocycles. The van der Waals surface area contributed by atoms with E-state index in [0.29, 0.717) is 17.3 Å². The molecule has 0 spiro atoms. The number of carboxylic acid groups (broad SMARTS) is 1. The largest absolute Gasteiger partial charge is 0.478 e. The molecule has 98 valence electrons. The number of carboxylic acids is 1. The molecule has 0 amide bonds. The number of aromatic carboxylic acids is 1. The molecule has 5 nitrogen and oxygen atoms in total. The monoisotopic (exact) mass is 257 g/mol. The van der Waals surface area contributed by atoms with Gasteiger partial charge in [0.15, 0.2) is 0 Å². The van der Waals surface area contributed by atoms with Gasteiger partial charge in [-0.2, -0.15) is 0 Å². The fraction of sp³-hybridized carbons (Fsp3) is 0.214. The maximum absolute atomic E-state index is 11.4. The molecule has 1 heterocycles. The number of benzene rings is 1. The van der Waals surface area contributed by atoms with Crippen LogP contribution in [0.1, 0.15) is 16.1 Å². The van der Waals surface area contributed by atoms with Crippen molar-refractivity contribution < 1.29 is 9.90 Å². The minimum Gasteiger partial charge on any atom is -0.478 e. The van der Waals surface area contributed by atoms with Crippen LogP contribution in [-0.4, -0.2) is 35.1 Å². The molecule has 0 saturated carbocycles. The number of nitrogens with zero attached hydrogens (tertiary/aromatic N) is 3. The van der Waals surface area contributed by atoms with E-state index in [1.165, 1.54) is 0 Å². The summed E-state index contributed by atoms with van der Waals surface area (Å²) in [4.78, 5) is 21.7. The molecule has 2 aromatic rings. The summed E-state index contributed by atoms with van der Waals surface area (Å²) in [7, 11) is 3.65. The van der Waals surface area contributed by atoms with Crippen molar-refractivity contribution in [1.82, 2.24) is 9.97 Å². The Morgan fingerprint density at radius 1 is 1.16 bits per heavy atom. The van der Waals surface area contributed by atoms with Crippen molar-refractivity contribution in [1.29, 1.82) is 0 Å². The van der Waals surface area contributed by atoms with Gasteiger partial charge in [-0.25, -0.2) is 14.8 Å². The lowest BCUT2D eigenvalue weighted by molar-refractivity contribution is 0.0696. The summed E-state index contributed by atoms with van der Waals surface area (Å²) in [5.74, 6) is -0.511. The predicted octanol–water partition coefficient (Wildman–Crippen LogP) is 2.22. The molecule has 1 aromatic carbocycles. The van der Waals surface area contributed by atoms with Gasteiger partial charge in [0.25, 0.3) is 0 Å². The average Bonchev–Trinajstić information content (AvgIpc) is 2.38. The van der Waals surface area contributed by atoms with E-state index in [4.69, 9.17) is 0 Å². The normalized spacial score (nSPS) is 10.3. The van der Waals surface area contributed by atoms with Crippen LogP contribution in [0, 0.1) is 6.92 Å². The zero-order valence-electron chi connectivity index (χ0n) is 11.1. The summed E-state index contributed by atoms with van der Waals surface area (Å²) in [6.07, 6.45) is 0. The Labute approximate surface area is 111 Å². The van der Waals surface area contributed by atoms with Gasteiger partial charge in [-0.1, -0.05) is 30.3 Å². The van der Waals surface area contributed by atoms with Gasteiger partial charge in [0.2, 0.25) is 5.95 Å². The molecule has 19 heavy (non-hydrogen) atoms. The van der Waals surface area contributed by atoms with Crippen LogP contribution in [0.3, 0.4) is 0 Å². The van der Waals surface area contributed by atoms with E-state index in [0.717, 1.165) is 5.56 Å². The number of anilines is 1. The minimum absolute atomic E-state index is 0.150. The van der Waals surface area contributed by atoms with Crippen LogP contribution in [0.25, 0.3) is 11.3 Å². The van der Waals surface area contributed by atoms with E-state index >= 15 is 0 Å². The maximum atomic E-state index is 11.4. The molecule has 0 aliphatic rings. The Hall–Kier alpha value is -2.43. The minimum atomic E-state index is -1.01. The number of rotatable bonds is 3. The Balaban J connectivity index is 2.72. The third-order valence-corrected chi connectivity index (χ3v) is 2.74. The fourth-order valence-corrected chi connectivity index (χ4v) is 1.82. The maximum Gasteiger partial charge on any atom is 0.339 e. The van der Waals surface area contributed by atoms with Crippen molar-refractivity contribution in [3.63, 3.8) is 0 Å². The molecule has 0 radical (unpaired) electrons. The van der Waals surface area contributed by atoms with Crippen molar-refractivity contribution in [2.24, 2.45) is 0 Å². The number of aryl methyl sites for hydroxylation is 1. The van der Waals surface area contributed by atoms with Crippen molar-refractivity contribution in [3.8, 4) is 11.3 Å². The highest BCUT2D eigenvalue weighted by molar-refractivity contribution is 5.96. The second-order valence-corrected chi connectivity index (χ2v) is 4.40. The molecule has 0 aliphatic carbocycles. The molecule has 5 heteroatoms. The average molecular weight is 257 g/mol. The lowest BCUT2D eigenvalue weighted by atomic mass is 10.0. The summed E-state index contributed by atoms with van der Waals surface area (Å²) in [6.45, 7) is 1.69. The molecular weight excluding hydrogens is 242 g/mol. The van der Waals surface area contributed by atoms with E-state index in [-0.39, 0.29) is 5.56 Å². The van der Waals surface area contributed by atoms with E-state index in [1.54, 1.807) is 11.8 Å². The number of hydrogen-bond acceptors (Lipinski definition) is 4. The van der Waals surface area contributed by atoms with Gasteiger partial charge in [0.1, 0.15) is 5.56 Å². The summed E-state index contributed by atoms with van der Waals surface area (Å²) in [5.41, 5.74) is 1.83. The lowest BCUT2D eigenvalue weighted by Gasteiger charge is -2.15. The van der Waals surface area contributed by atoms with Gasteiger partial charge in [-0.05, 0) is 6.92 Å². The van der Waals surface area contributed by atoms with Gasteiger partial charge in [-0.15, -0.1) is 0 Å². The van der Waals surface area contributed by atoms with E-state index in [1.807, 2.05) is 44.4 Å². The molecule has 1 N–H and O–H groups in total. The van der Waals surface area contributed by atoms with Gasteiger partial charge >= 0.3 is 5.97 Å². The third-order valence-electron chi connectivity index (χ3n) is 2.74. The van der Waals surface area contributed by atoms with Crippen LogP contribution in [0.5, 0.6) is 0 Å². The standard InChI is InChI=1S/C14H15N3O2/c1-9-11(13(18)19)12(10-7-5-4-6-8-10)16-14(15-9)17(2)3/h4-8H,1-3H3,(H,18,19). The summed E-state index contributed by atoms with van der Waals surface area (Å²) in [6, 6.07) is 9.27.